The summed E-state index contributed by atoms with van der Waals surface area (Å²) in [6, 6.07) is 13.2. The molecule has 2 aromatic carbocycles. The third-order valence-corrected chi connectivity index (χ3v) is 7.06. The molecule has 1 spiro atoms. The van der Waals surface area contributed by atoms with Crippen molar-refractivity contribution in [3.8, 4) is 0 Å². The minimum atomic E-state index is -1.70. The second-order valence-corrected chi connectivity index (χ2v) is 9.21. The number of fused-ring (bicyclic) bond motifs is 2. The predicted molar refractivity (Wildman–Crippen MR) is 121 cm³/mol. The molecule has 1 saturated carbocycles. The maximum Gasteiger partial charge on any atom is 0.475 e. The number of nitrogens with one attached hydrogen (secondary N) is 1. The highest BCUT2D eigenvalue weighted by Gasteiger charge is 2.46. The normalized spacial score (nSPS) is 17.6. The topological polar surface area (TPSA) is 99.8 Å². The summed E-state index contributed by atoms with van der Waals surface area (Å²) in [5, 5.41) is 23.3. The predicted octanol–water partition coefficient (Wildman–Crippen LogP) is 3.01. The zero-order valence-electron chi connectivity index (χ0n) is 17.8. The molecule has 0 aliphatic heterocycles. The Bertz CT molecular complexity index is 1180. The van der Waals surface area contributed by atoms with Crippen LogP contribution in [0.2, 0.25) is 0 Å². The van der Waals surface area contributed by atoms with Gasteiger partial charge >= 0.3 is 7.12 Å². The smallest absolute Gasteiger partial charge is 0.464 e. The summed E-state index contributed by atoms with van der Waals surface area (Å²) in [6.45, 7) is 0. The summed E-state index contributed by atoms with van der Waals surface area (Å²) in [4.78, 5) is 25.6. The molecule has 1 aromatic heterocycles. The van der Waals surface area contributed by atoms with Crippen LogP contribution in [0.4, 0.5) is 0 Å². The molecule has 2 aliphatic rings. The summed E-state index contributed by atoms with van der Waals surface area (Å²) < 4.78 is 5.52. The number of Topliss-reactive ketones (excluding diaryl/α,β-unsaturated/α-hetero) is 1. The Morgan fingerprint density at radius 3 is 2.72 bits per heavy atom. The van der Waals surface area contributed by atoms with E-state index in [-0.39, 0.29) is 29.9 Å². The largest absolute Gasteiger partial charge is 0.475 e. The van der Waals surface area contributed by atoms with Gasteiger partial charge in [-0.2, -0.15) is 0 Å². The zero-order chi connectivity index (χ0) is 22.3. The SMILES string of the molecule is O=C(Cc1ccc2c(c1)CC1(CCCC1)C2=O)N[C@@H](Cc1coc2ccccc12)B(O)O. The zero-order valence-corrected chi connectivity index (χ0v) is 17.8. The third kappa shape index (κ3) is 3.76. The Labute approximate surface area is 186 Å². The van der Waals surface area contributed by atoms with Gasteiger partial charge in [0.1, 0.15) is 5.58 Å². The number of carbonyl (C=O) groups is 2. The van der Waals surface area contributed by atoms with Crippen molar-refractivity contribution in [2.24, 2.45) is 5.41 Å². The van der Waals surface area contributed by atoms with Crippen LogP contribution in [0.1, 0.15) is 52.7 Å². The molecule has 1 fully saturated rings. The lowest BCUT2D eigenvalue weighted by molar-refractivity contribution is -0.120. The van der Waals surface area contributed by atoms with Gasteiger partial charge in [-0.1, -0.05) is 49.2 Å². The number of para-hydroxylation sites is 1. The maximum absolute atomic E-state index is 12.9. The fraction of sp³-hybridized carbons (Fsp3) is 0.360. The van der Waals surface area contributed by atoms with Crippen LogP contribution in [0.15, 0.2) is 53.1 Å². The molecule has 0 radical (unpaired) electrons. The van der Waals surface area contributed by atoms with Gasteiger partial charge in [0.15, 0.2) is 5.78 Å². The lowest BCUT2D eigenvalue weighted by Gasteiger charge is -2.19. The minimum Gasteiger partial charge on any atom is -0.464 e. The molecule has 6 nitrogen and oxygen atoms in total. The number of benzene rings is 2. The number of ketones is 1. The van der Waals surface area contributed by atoms with E-state index < -0.39 is 13.1 Å². The molecule has 1 heterocycles. The molecule has 0 unspecified atom stereocenters. The van der Waals surface area contributed by atoms with Crippen molar-refractivity contribution >= 4 is 29.8 Å². The van der Waals surface area contributed by atoms with E-state index in [1.165, 1.54) is 0 Å². The Hall–Kier alpha value is -2.90. The Balaban J connectivity index is 1.27. The quantitative estimate of drug-likeness (QED) is 0.521. The van der Waals surface area contributed by atoms with Gasteiger partial charge in [-0.25, -0.2) is 0 Å². The van der Waals surface area contributed by atoms with Crippen LogP contribution in [-0.4, -0.2) is 34.8 Å². The molecule has 32 heavy (non-hydrogen) atoms. The van der Waals surface area contributed by atoms with Crippen molar-refractivity contribution in [2.45, 2.75) is 50.9 Å². The lowest BCUT2D eigenvalue weighted by atomic mass is 9.75. The van der Waals surface area contributed by atoms with Gasteiger partial charge in [-0.3, -0.25) is 9.59 Å². The fourth-order valence-electron chi connectivity index (χ4n) is 5.41. The maximum atomic E-state index is 12.9. The Morgan fingerprint density at radius 1 is 1.16 bits per heavy atom. The highest BCUT2D eigenvalue weighted by molar-refractivity contribution is 6.43. The first-order valence-electron chi connectivity index (χ1n) is 11.2. The van der Waals surface area contributed by atoms with Gasteiger partial charge in [-0.05, 0) is 48.4 Å². The number of amides is 1. The molecule has 1 amide bonds. The van der Waals surface area contributed by atoms with E-state index in [0.717, 1.165) is 59.7 Å². The van der Waals surface area contributed by atoms with Crippen LogP contribution in [0.25, 0.3) is 11.0 Å². The van der Waals surface area contributed by atoms with Crippen LogP contribution >= 0.6 is 0 Å². The average Bonchev–Trinajstić information content (AvgIpc) is 3.47. The van der Waals surface area contributed by atoms with Crippen molar-refractivity contribution in [3.05, 3.63) is 71.0 Å². The first-order chi connectivity index (χ1) is 15.4. The third-order valence-electron chi connectivity index (χ3n) is 7.06. The van der Waals surface area contributed by atoms with Gasteiger partial charge in [0, 0.05) is 16.4 Å². The minimum absolute atomic E-state index is 0.115. The molecule has 1 atom stereocenters. The second kappa shape index (κ2) is 8.22. The summed E-state index contributed by atoms with van der Waals surface area (Å²) in [6.07, 6.45) is 6.82. The molecule has 3 aromatic rings. The number of carbonyl (C=O) groups excluding carboxylic acids is 2. The number of hydrogen-bond donors (Lipinski definition) is 3. The van der Waals surface area contributed by atoms with Crippen LogP contribution in [0, 0.1) is 5.41 Å². The van der Waals surface area contributed by atoms with Crippen LogP contribution < -0.4 is 5.32 Å². The van der Waals surface area contributed by atoms with Crippen molar-refractivity contribution in [1.82, 2.24) is 5.32 Å². The van der Waals surface area contributed by atoms with Crippen molar-refractivity contribution in [3.63, 3.8) is 0 Å². The van der Waals surface area contributed by atoms with Gasteiger partial charge in [0.05, 0.1) is 18.6 Å². The molecule has 2 aliphatic carbocycles. The fourth-order valence-corrected chi connectivity index (χ4v) is 5.41. The molecule has 164 valence electrons. The molecular weight excluding hydrogens is 405 g/mol. The Morgan fingerprint density at radius 2 is 1.94 bits per heavy atom. The van der Waals surface area contributed by atoms with E-state index in [0.29, 0.717) is 5.58 Å². The average molecular weight is 431 g/mol. The van der Waals surface area contributed by atoms with Gasteiger partial charge in [-0.15, -0.1) is 0 Å². The summed E-state index contributed by atoms with van der Waals surface area (Å²) in [7, 11) is -1.70. The van der Waals surface area contributed by atoms with Gasteiger partial charge in [0.25, 0.3) is 0 Å². The lowest BCUT2D eigenvalue weighted by Crippen LogP contribution is -2.48. The van der Waals surface area contributed by atoms with E-state index in [4.69, 9.17) is 4.42 Å². The molecular formula is C25H26BNO5. The van der Waals surface area contributed by atoms with E-state index >= 15 is 0 Å². The number of hydrogen-bond acceptors (Lipinski definition) is 5. The number of rotatable bonds is 6. The highest BCUT2D eigenvalue weighted by Crippen LogP contribution is 2.48. The van der Waals surface area contributed by atoms with E-state index in [9.17, 15) is 19.6 Å². The van der Waals surface area contributed by atoms with Crippen LogP contribution in [0.5, 0.6) is 0 Å². The summed E-state index contributed by atoms with van der Waals surface area (Å²) >= 11 is 0. The van der Waals surface area contributed by atoms with Crippen molar-refractivity contribution < 1.29 is 24.1 Å². The van der Waals surface area contributed by atoms with Crippen molar-refractivity contribution in [1.29, 1.82) is 0 Å². The number of furan rings is 1. The molecule has 0 bridgehead atoms. The van der Waals surface area contributed by atoms with E-state index in [1.54, 1.807) is 6.26 Å². The summed E-state index contributed by atoms with van der Waals surface area (Å²) in [5.74, 6) is -0.895. The first kappa shape index (κ1) is 21.0. The molecule has 5 rings (SSSR count). The molecule has 3 N–H and O–H groups in total. The molecule has 7 heteroatoms. The second-order valence-electron chi connectivity index (χ2n) is 9.21. The van der Waals surface area contributed by atoms with Gasteiger partial charge < -0.3 is 19.8 Å². The highest BCUT2D eigenvalue weighted by atomic mass is 16.4. The van der Waals surface area contributed by atoms with E-state index in [2.05, 4.69) is 5.32 Å². The monoisotopic (exact) mass is 431 g/mol. The van der Waals surface area contributed by atoms with E-state index in [1.807, 2.05) is 42.5 Å². The van der Waals surface area contributed by atoms with Crippen molar-refractivity contribution in [2.75, 3.05) is 0 Å². The van der Waals surface area contributed by atoms with Crippen LogP contribution in [-0.2, 0) is 24.1 Å². The standard InChI is InChI=1S/C25H26BNO5/c28-23(27-22(26(30)31)13-18-15-32-21-6-2-1-5-19(18)21)12-16-7-8-20-17(11-16)14-25(24(20)29)9-3-4-10-25/h1-2,5-8,11,15,22,30-31H,3-4,9-10,12-14H2,(H,27,28)/t22-/m0/s1. The first-order valence-corrected chi connectivity index (χ1v) is 11.2. The Kier molecular flexibility index (Phi) is 5.39. The van der Waals surface area contributed by atoms with Gasteiger partial charge in [0.2, 0.25) is 5.91 Å². The summed E-state index contributed by atoms with van der Waals surface area (Å²) in [5.41, 5.74) is 3.95. The van der Waals surface area contributed by atoms with Crippen LogP contribution in [0.3, 0.4) is 0 Å². The molecule has 0 saturated heterocycles.